The number of hydrogen-bond donors (Lipinski definition) is 1. The molecule has 1 aliphatic heterocycles. The normalized spacial score (nSPS) is 20.7. The lowest BCUT2D eigenvalue weighted by atomic mass is 10.1. The maximum atomic E-state index is 12.5. The van der Waals surface area contributed by atoms with Crippen LogP contribution >= 0.6 is 11.3 Å². The molecule has 2 aromatic heterocycles. The number of likely N-dealkylation sites (tertiary alicyclic amines) is 1. The van der Waals surface area contributed by atoms with Gasteiger partial charge in [-0.2, -0.15) is 0 Å². The van der Waals surface area contributed by atoms with Gasteiger partial charge in [-0.05, 0) is 12.8 Å². The third kappa shape index (κ3) is 3.60. The molecule has 0 aromatic carbocycles. The highest BCUT2D eigenvalue weighted by molar-refractivity contribution is 7.13. The maximum absolute atomic E-state index is 12.5. The molecule has 0 bridgehead atoms. The van der Waals surface area contributed by atoms with Gasteiger partial charge in [0, 0.05) is 36.8 Å². The average molecular weight is 371 g/mol. The molecule has 4 rings (SSSR count). The van der Waals surface area contributed by atoms with Gasteiger partial charge in [-0.25, -0.2) is 4.98 Å². The summed E-state index contributed by atoms with van der Waals surface area (Å²) < 4.78 is 0. The minimum Gasteiger partial charge on any atom is -0.350 e. The van der Waals surface area contributed by atoms with Crippen molar-refractivity contribution in [3.63, 3.8) is 0 Å². The molecule has 1 atom stereocenters. The third-order valence-electron chi connectivity index (χ3n) is 5.07. The van der Waals surface area contributed by atoms with Crippen molar-refractivity contribution < 1.29 is 9.59 Å². The zero-order valence-corrected chi connectivity index (χ0v) is 15.2. The quantitative estimate of drug-likeness (QED) is 0.869. The van der Waals surface area contributed by atoms with Crippen molar-refractivity contribution in [2.24, 2.45) is 5.92 Å². The molecule has 1 saturated heterocycles. The van der Waals surface area contributed by atoms with Crippen molar-refractivity contribution in [2.75, 3.05) is 6.54 Å². The molecule has 2 amide bonds. The van der Waals surface area contributed by atoms with Crippen LogP contribution in [0, 0.1) is 5.92 Å². The predicted molar refractivity (Wildman–Crippen MR) is 97.1 cm³/mol. The first-order valence-corrected chi connectivity index (χ1v) is 9.86. The van der Waals surface area contributed by atoms with Crippen LogP contribution in [0.4, 0.5) is 0 Å². The van der Waals surface area contributed by atoms with Crippen LogP contribution in [0.3, 0.4) is 0 Å². The highest BCUT2D eigenvalue weighted by atomic mass is 32.1. The van der Waals surface area contributed by atoms with Crippen molar-refractivity contribution in [3.05, 3.63) is 29.7 Å². The number of nitrogens with zero attached hydrogens (tertiary/aromatic N) is 4. The van der Waals surface area contributed by atoms with Gasteiger partial charge in [0.1, 0.15) is 10.7 Å². The molecular weight excluding hydrogens is 350 g/mol. The second kappa shape index (κ2) is 7.49. The molecule has 0 radical (unpaired) electrons. The minimum absolute atomic E-state index is 0.0621. The van der Waals surface area contributed by atoms with E-state index in [0.29, 0.717) is 25.6 Å². The number of amides is 2. The third-order valence-corrected chi connectivity index (χ3v) is 5.99. The highest BCUT2D eigenvalue weighted by Crippen LogP contribution is 2.29. The Morgan fingerprint density at radius 3 is 2.92 bits per heavy atom. The average Bonchev–Trinajstić information content (AvgIpc) is 3.41. The van der Waals surface area contributed by atoms with Gasteiger partial charge in [0.25, 0.3) is 0 Å². The first-order valence-electron chi connectivity index (χ1n) is 8.98. The van der Waals surface area contributed by atoms with E-state index < -0.39 is 0 Å². The SMILES string of the molecule is O=C(NCc1csc(-c2cnccn2)n1)C1CC(=O)N(C2CCCC2)C1. The van der Waals surface area contributed by atoms with E-state index in [0.717, 1.165) is 29.2 Å². The van der Waals surface area contributed by atoms with Crippen molar-refractivity contribution in [3.8, 4) is 10.7 Å². The molecule has 2 aliphatic rings. The molecule has 0 spiro atoms. The molecule has 1 saturated carbocycles. The summed E-state index contributed by atoms with van der Waals surface area (Å²) >= 11 is 1.48. The van der Waals surface area contributed by atoms with Crippen molar-refractivity contribution in [1.29, 1.82) is 0 Å². The van der Waals surface area contributed by atoms with Crippen molar-refractivity contribution >= 4 is 23.2 Å². The summed E-state index contributed by atoms with van der Waals surface area (Å²) in [5.41, 5.74) is 1.52. The maximum Gasteiger partial charge on any atom is 0.225 e. The lowest BCUT2D eigenvalue weighted by molar-refractivity contribution is -0.130. The summed E-state index contributed by atoms with van der Waals surface area (Å²) in [5.74, 6) is -0.190. The predicted octanol–water partition coefficient (Wildman–Crippen LogP) is 2.01. The summed E-state index contributed by atoms with van der Waals surface area (Å²) in [6.45, 7) is 0.918. The Bertz CT molecular complexity index is 788. The number of carbonyl (C=O) groups excluding carboxylic acids is 2. The topological polar surface area (TPSA) is 88.1 Å². The van der Waals surface area contributed by atoms with E-state index in [9.17, 15) is 9.59 Å². The van der Waals surface area contributed by atoms with E-state index in [2.05, 4.69) is 20.3 Å². The van der Waals surface area contributed by atoms with Gasteiger partial charge < -0.3 is 10.2 Å². The highest BCUT2D eigenvalue weighted by Gasteiger charge is 2.38. The molecule has 3 heterocycles. The van der Waals surface area contributed by atoms with E-state index in [4.69, 9.17) is 0 Å². The smallest absolute Gasteiger partial charge is 0.225 e. The summed E-state index contributed by atoms with van der Waals surface area (Å²) in [5, 5.41) is 5.62. The number of carbonyl (C=O) groups is 2. The van der Waals surface area contributed by atoms with Gasteiger partial charge in [-0.1, -0.05) is 12.8 Å². The van der Waals surface area contributed by atoms with Gasteiger partial charge >= 0.3 is 0 Å². The molecule has 2 aromatic rings. The summed E-state index contributed by atoms with van der Waals surface area (Å²) in [4.78, 5) is 39.4. The molecule has 136 valence electrons. The van der Waals surface area contributed by atoms with Crippen LogP contribution in [0.5, 0.6) is 0 Å². The summed E-state index contributed by atoms with van der Waals surface area (Å²) in [6, 6.07) is 0.341. The van der Waals surface area contributed by atoms with Crippen LogP contribution in [-0.2, 0) is 16.1 Å². The van der Waals surface area contributed by atoms with E-state index >= 15 is 0 Å². The lowest BCUT2D eigenvalue weighted by Crippen LogP contribution is -2.36. The standard InChI is InChI=1S/C18H21N5O2S/c24-16-7-12(10-23(16)14-3-1-2-4-14)17(25)21-8-13-11-26-18(22-13)15-9-19-5-6-20-15/h5-6,9,11-12,14H,1-4,7-8,10H2,(H,21,25). The molecule has 1 aliphatic carbocycles. The van der Waals surface area contributed by atoms with Crippen LogP contribution in [0.2, 0.25) is 0 Å². The van der Waals surface area contributed by atoms with Crippen molar-refractivity contribution in [1.82, 2.24) is 25.2 Å². The van der Waals surface area contributed by atoms with Gasteiger partial charge in [0.05, 0.1) is 24.4 Å². The zero-order valence-electron chi connectivity index (χ0n) is 14.4. The first-order chi connectivity index (χ1) is 12.7. The van der Waals surface area contributed by atoms with Crippen LogP contribution in [-0.4, -0.2) is 44.3 Å². The second-order valence-corrected chi connectivity index (χ2v) is 7.70. The molecule has 7 nitrogen and oxygen atoms in total. The Morgan fingerprint density at radius 2 is 2.15 bits per heavy atom. The second-order valence-electron chi connectivity index (χ2n) is 6.84. The number of thiazole rings is 1. The van der Waals surface area contributed by atoms with Crippen LogP contribution < -0.4 is 5.32 Å². The molecule has 1 unspecified atom stereocenters. The Balaban J connectivity index is 1.32. The van der Waals surface area contributed by atoms with E-state index in [1.807, 2.05) is 10.3 Å². The van der Waals surface area contributed by atoms with Crippen LogP contribution in [0.25, 0.3) is 10.7 Å². The van der Waals surface area contributed by atoms with Crippen LogP contribution in [0.1, 0.15) is 37.8 Å². The van der Waals surface area contributed by atoms with Crippen molar-refractivity contribution in [2.45, 2.75) is 44.7 Å². The Kier molecular flexibility index (Phi) is 4.92. The molecule has 26 heavy (non-hydrogen) atoms. The summed E-state index contributed by atoms with van der Waals surface area (Å²) in [7, 11) is 0. The van der Waals surface area contributed by atoms with Gasteiger partial charge in [0.2, 0.25) is 11.8 Å². The van der Waals surface area contributed by atoms with E-state index in [1.165, 1.54) is 24.2 Å². The molecular formula is C18H21N5O2S. The Labute approximate surface area is 155 Å². The molecule has 2 fully saturated rings. The molecule has 8 heteroatoms. The number of rotatable bonds is 5. The summed E-state index contributed by atoms with van der Waals surface area (Å²) in [6.07, 6.45) is 9.76. The largest absolute Gasteiger partial charge is 0.350 e. The monoisotopic (exact) mass is 371 g/mol. The zero-order chi connectivity index (χ0) is 17.9. The first kappa shape index (κ1) is 17.1. The number of nitrogens with one attached hydrogen (secondary N) is 1. The minimum atomic E-state index is -0.249. The van der Waals surface area contributed by atoms with Crippen LogP contribution in [0.15, 0.2) is 24.0 Å². The van der Waals surface area contributed by atoms with E-state index in [-0.39, 0.29) is 17.7 Å². The van der Waals surface area contributed by atoms with Gasteiger partial charge in [-0.15, -0.1) is 11.3 Å². The Hall–Kier alpha value is -2.35. The molecule has 1 N–H and O–H groups in total. The number of aromatic nitrogens is 3. The Morgan fingerprint density at radius 1 is 1.31 bits per heavy atom. The lowest BCUT2D eigenvalue weighted by Gasteiger charge is -2.23. The van der Waals surface area contributed by atoms with Gasteiger partial charge in [-0.3, -0.25) is 19.6 Å². The fraction of sp³-hybridized carbons (Fsp3) is 0.500. The van der Waals surface area contributed by atoms with Gasteiger partial charge in [0.15, 0.2) is 0 Å². The fourth-order valence-corrected chi connectivity index (χ4v) is 4.49. The fourth-order valence-electron chi connectivity index (χ4n) is 3.71. The van der Waals surface area contributed by atoms with E-state index in [1.54, 1.807) is 18.6 Å². The number of hydrogen-bond acceptors (Lipinski definition) is 6.